The number of fused-ring (bicyclic) bond motifs is 1. The van der Waals surface area contributed by atoms with Crippen molar-refractivity contribution < 1.29 is 9.59 Å². The fourth-order valence-corrected chi connectivity index (χ4v) is 3.06. The molecule has 25 heavy (non-hydrogen) atoms. The maximum atomic E-state index is 12.3. The quantitative estimate of drug-likeness (QED) is 0.868. The molecule has 0 atom stereocenters. The fourth-order valence-electron chi connectivity index (χ4n) is 3.06. The summed E-state index contributed by atoms with van der Waals surface area (Å²) < 4.78 is 0. The number of H-pyrrole nitrogens is 1. The van der Waals surface area contributed by atoms with Crippen LogP contribution in [0.5, 0.6) is 0 Å². The van der Waals surface area contributed by atoms with E-state index < -0.39 is 5.41 Å². The Hall–Kier alpha value is -2.96. The lowest BCUT2D eigenvalue weighted by Gasteiger charge is -2.16. The van der Waals surface area contributed by atoms with Crippen LogP contribution in [0, 0.1) is 0 Å². The van der Waals surface area contributed by atoms with Gasteiger partial charge in [0.2, 0.25) is 5.91 Å². The summed E-state index contributed by atoms with van der Waals surface area (Å²) in [4.78, 5) is 36.9. The summed E-state index contributed by atoms with van der Waals surface area (Å²) in [5, 5.41) is 8.70. The van der Waals surface area contributed by atoms with Gasteiger partial charge >= 0.3 is 0 Å². The van der Waals surface area contributed by atoms with Crippen LogP contribution in [0.15, 0.2) is 35.1 Å². The molecule has 0 unspecified atom stereocenters. The number of aromatic amines is 1. The van der Waals surface area contributed by atoms with Gasteiger partial charge in [-0.05, 0) is 43.5 Å². The predicted octanol–water partition coefficient (Wildman–Crippen LogP) is 0.996. The highest BCUT2D eigenvalue weighted by molar-refractivity contribution is 6.07. The fraction of sp³-hybridized carbons (Fsp3) is 0.333. The van der Waals surface area contributed by atoms with Crippen LogP contribution >= 0.6 is 0 Å². The van der Waals surface area contributed by atoms with E-state index in [0.717, 1.165) is 16.8 Å². The van der Waals surface area contributed by atoms with Crippen LogP contribution in [-0.2, 0) is 16.6 Å². The first-order valence-corrected chi connectivity index (χ1v) is 8.06. The highest BCUT2D eigenvalue weighted by atomic mass is 16.2. The van der Waals surface area contributed by atoms with Crippen molar-refractivity contribution in [1.29, 1.82) is 0 Å². The van der Waals surface area contributed by atoms with Gasteiger partial charge in [0.15, 0.2) is 0 Å². The predicted molar refractivity (Wildman–Crippen MR) is 93.8 cm³/mol. The maximum Gasteiger partial charge on any atom is 0.271 e. The molecule has 7 nitrogen and oxygen atoms in total. The van der Waals surface area contributed by atoms with Crippen molar-refractivity contribution in [2.45, 2.75) is 25.7 Å². The molecule has 0 bridgehead atoms. The minimum Gasteiger partial charge on any atom is -0.350 e. The second kappa shape index (κ2) is 6.16. The Balaban J connectivity index is 1.66. The summed E-state index contributed by atoms with van der Waals surface area (Å²) in [7, 11) is 1.78. The number of likely N-dealkylation sites (N-methyl/N-ethyl adjacent to an activating group) is 1. The van der Waals surface area contributed by atoms with Crippen molar-refractivity contribution in [3.63, 3.8) is 0 Å². The molecular weight excluding hydrogens is 320 g/mol. The van der Waals surface area contributed by atoms with Crippen LogP contribution < -0.4 is 15.8 Å². The molecule has 2 amide bonds. The Labute approximate surface area is 145 Å². The van der Waals surface area contributed by atoms with Gasteiger partial charge in [-0.15, -0.1) is 0 Å². The van der Waals surface area contributed by atoms with Gasteiger partial charge in [0.25, 0.3) is 11.5 Å². The van der Waals surface area contributed by atoms with E-state index in [1.165, 1.54) is 12.1 Å². The number of hydrogen-bond donors (Lipinski definition) is 2. The Morgan fingerprint density at radius 2 is 2.00 bits per heavy atom. The third kappa shape index (κ3) is 3.05. The average Bonchev–Trinajstić information content (AvgIpc) is 2.76. The zero-order chi connectivity index (χ0) is 18.2. The normalized spacial score (nSPS) is 15.2. The molecule has 0 saturated carbocycles. The second-order valence-corrected chi connectivity index (χ2v) is 6.65. The number of rotatable bonds is 4. The summed E-state index contributed by atoms with van der Waals surface area (Å²) >= 11 is 0. The van der Waals surface area contributed by atoms with Crippen LogP contribution in [-0.4, -0.2) is 35.6 Å². The minimum atomic E-state index is -0.539. The van der Waals surface area contributed by atoms with E-state index in [1.54, 1.807) is 11.9 Å². The maximum absolute atomic E-state index is 12.3. The van der Waals surface area contributed by atoms with Crippen molar-refractivity contribution in [2.24, 2.45) is 0 Å². The van der Waals surface area contributed by atoms with Gasteiger partial charge in [0, 0.05) is 25.3 Å². The van der Waals surface area contributed by atoms with Gasteiger partial charge in [-0.3, -0.25) is 14.4 Å². The van der Waals surface area contributed by atoms with Crippen molar-refractivity contribution in [3.8, 4) is 0 Å². The summed E-state index contributed by atoms with van der Waals surface area (Å²) in [6, 6.07) is 8.59. The first-order chi connectivity index (χ1) is 11.8. The van der Waals surface area contributed by atoms with Gasteiger partial charge in [-0.2, -0.15) is 5.10 Å². The Bertz CT molecular complexity index is 881. The summed E-state index contributed by atoms with van der Waals surface area (Å²) in [6.07, 6.45) is 0.635. The van der Waals surface area contributed by atoms with E-state index in [9.17, 15) is 14.4 Å². The lowest BCUT2D eigenvalue weighted by molar-refractivity contribution is -0.121. The molecule has 0 radical (unpaired) electrons. The molecule has 0 fully saturated rings. The van der Waals surface area contributed by atoms with Crippen LogP contribution in [0.4, 0.5) is 5.69 Å². The summed E-state index contributed by atoms with van der Waals surface area (Å²) in [6.45, 7) is 4.28. The standard InChI is InChI=1S/C18H20N4O3/c1-18(2)12-10-11(4-6-14(12)22(3)17(18)25)8-9-19-16(24)13-5-7-15(23)21-20-13/h4-7,10H,8-9H2,1-3H3,(H,19,24)(H,21,23). The number of amides is 2. The zero-order valence-corrected chi connectivity index (χ0v) is 14.4. The number of carbonyl (C=O) groups is 2. The highest BCUT2D eigenvalue weighted by Crippen LogP contribution is 2.41. The zero-order valence-electron chi connectivity index (χ0n) is 14.4. The lowest BCUT2D eigenvalue weighted by Crippen LogP contribution is -2.33. The van der Waals surface area contributed by atoms with Gasteiger partial charge in [0.05, 0.1) is 5.41 Å². The molecule has 1 aromatic heterocycles. The number of carbonyl (C=O) groups excluding carboxylic acids is 2. The lowest BCUT2D eigenvalue weighted by atomic mass is 9.85. The Kier molecular flexibility index (Phi) is 4.16. The molecule has 2 heterocycles. The molecule has 1 aromatic carbocycles. The van der Waals surface area contributed by atoms with E-state index in [2.05, 4.69) is 15.5 Å². The number of aromatic nitrogens is 2. The van der Waals surface area contributed by atoms with Crippen LogP contribution in [0.25, 0.3) is 0 Å². The van der Waals surface area contributed by atoms with E-state index in [-0.39, 0.29) is 23.1 Å². The molecule has 2 aromatic rings. The first kappa shape index (κ1) is 16.9. The molecule has 7 heteroatoms. The SMILES string of the molecule is CN1C(=O)C(C)(C)c2cc(CCNC(=O)c3ccc(=O)[nH]n3)ccc21. The molecule has 0 saturated heterocycles. The number of nitrogens with one attached hydrogen (secondary N) is 2. The molecule has 130 valence electrons. The van der Waals surface area contributed by atoms with E-state index in [4.69, 9.17) is 0 Å². The number of nitrogens with zero attached hydrogens (tertiary/aromatic N) is 2. The third-order valence-electron chi connectivity index (χ3n) is 4.55. The largest absolute Gasteiger partial charge is 0.350 e. The van der Waals surface area contributed by atoms with Gasteiger partial charge in [0.1, 0.15) is 5.69 Å². The molecule has 3 rings (SSSR count). The summed E-state index contributed by atoms with van der Waals surface area (Å²) in [5.41, 5.74) is 2.26. The molecule has 0 spiro atoms. The minimum absolute atomic E-state index is 0.0806. The Morgan fingerprint density at radius 3 is 2.68 bits per heavy atom. The monoisotopic (exact) mass is 340 g/mol. The van der Waals surface area contributed by atoms with Gasteiger partial charge in [-0.25, -0.2) is 5.10 Å². The number of benzene rings is 1. The van der Waals surface area contributed by atoms with Crippen molar-refractivity contribution in [2.75, 3.05) is 18.5 Å². The molecule has 1 aliphatic rings. The number of hydrogen-bond acceptors (Lipinski definition) is 4. The van der Waals surface area contributed by atoms with Crippen molar-refractivity contribution in [3.05, 3.63) is 57.5 Å². The van der Waals surface area contributed by atoms with E-state index in [1.807, 2.05) is 32.0 Å². The first-order valence-electron chi connectivity index (χ1n) is 8.06. The van der Waals surface area contributed by atoms with Crippen LogP contribution in [0.1, 0.15) is 35.5 Å². The number of anilines is 1. The topological polar surface area (TPSA) is 95.2 Å². The summed E-state index contributed by atoms with van der Waals surface area (Å²) in [5.74, 6) is -0.259. The van der Waals surface area contributed by atoms with E-state index >= 15 is 0 Å². The average molecular weight is 340 g/mol. The van der Waals surface area contributed by atoms with Gasteiger partial charge < -0.3 is 10.2 Å². The Morgan fingerprint density at radius 1 is 1.24 bits per heavy atom. The second-order valence-electron chi connectivity index (χ2n) is 6.65. The smallest absolute Gasteiger partial charge is 0.271 e. The van der Waals surface area contributed by atoms with E-state index in [0.29, 0.717) is 13.0 Å². The molecule has 0 aliphatic carbocycles. The third-order valence-corrected chi connectivity index (χ3v) is 4.55. The van der Waals surface area contributed by atoms with Gasteiger partial charge in [-0.1, -0.05) is 12.1 Å². The molecule has 1 aliphatic heterocycles. The highest BCUT2D eigenvalue weighted by Gasteiger charge is 2.42. The molecular formula is C18H20N4O3. The van der Waals surface area contributed by atoms with Crippen LogP contribution in [0.2, 0.25) is 0 Å². The van der Waals surface area contributed by atoms with Crippen molar-refractivity contribution >= 4 is 17.5 Å². The van der Waals surface area contributed by atoms with Crippen LogP contribution in [0.3, 0.4) is 0 Å². The molecule has 2 N–H and O–H groups in total. The van der Waals surface area contributed by atoms with Crippen molar-refractivity contribution in [1.82, 2.24) is 15.5 Å².